The summed E-state index contributed by atoms with van der Waals surface area (Å²) in [6.45, 7) is 0. The van der Waals surface area contributed by atoms with Crippen LogP contribution in [0.1, 0.15) is 10.4 Å². The molecular formula is C17H9I3O3. The molecule has 116 valence electrons. The molecule has 3 aromatic rings. The summed E-state index contributed by atoms with van der Waals surface area (Å²) >= 11 is 6.51. The second-order valence-electron chi connectivity index (χ2n) is 4.80. The lowest BCUT2D eigenvalue weighted by molar-refractivity contribution is 0.0732. The van der Waals surface area contributed by atoms with Gasteiger partial charge in [-0.1, -0.05) is 12.1 Å². The molecule has 0 aliphatic rings. The topological polar surface area (TPSA) is 46.5 Å². The molecule has 0 spiro atoms. The van der Waals surface area contributed by atoms with E-state index >= 15 is 0 Å². The predicted molar refractivity (Wildman–Crippen MR) is 115 cm³/mol. The van der Waals surface area contributed by atoms with Crippen molar-refractivity contribution in [2.24, 2.45) is 0 Å². The molecule has 3 aromatic carbocycles. The second kappa shape index (κ2) is 7.09. The fourth-order valence-electron chi connectivity index (χ4n) is 2.15. The number of esters is 1. The molecule has 23 heavy (non-hydrogen) atoms. The Morgan fingerprint density at radius 1 is 0.870 bits per heavy atom. The Balaban J connectivity index is 1.94. The molecule has 0 aromatic heterocycles. The third-order valence-electron chi connectivity index (χ3n) is 3.25. The molecule has 0 radical (unpaired) electrons. The summed E-state index contributed by atoms with van der Waals surface area (Å²) < 4.78 is 8.32. The molecule has 0 saturated heterocycles. The van der Waals surface area contributed by atoms with Crippen LogP contribution in [-0.2, 0) is 0 Å². The Morgan fingerprint density at radius 2 is 1.52 bits per heavy atom. The van der Waals surface area contributed by atoms with Gasteiger partial charge in [0.2, 0.25) is 0 Å². The van der Waals surface area contributed by atoms with Crippen molar-refractivity contribution < 1.29 is 14.6 Å². The maximum Gasteiger partial charge on any atom is 0.345 e. The van der Waals surface area contributed by atoms with Crippen LogP contribution in [0.3, 0.4) is 0 Å². The lowest BCUT2D eigenvalue weighted by Crippen LogP contribution is -2.13. The minimum Gasteiger partial charge on any atom is -0.508 e. The summed E-state index contributed by atoms with van der Waals surface area (Å²) in [5.74, 6) is 0.333. The van der Waals surface area contributed by atoms with E-state index in [4.69, 9.17) is 4.74 Å². The Morgan fingerprint density at radius 3 is 2.30 bits per heavy atom. The zero-order valence-corrected chi connectivity index (χ0v) is 18.0. The highest BCUT2D eigenvalue weighted by molar-refractivity contribution is 14.1. The minimum absolute atomic E-state index is 0.213. The van der Waals surface area contributed by atoms with Gasteiger partial charge in [-0.2, -0.15) is 0 Å². The number of rotatable bonds is 2. The van der Waals surface area contributed by atoms with E-state index in [1.807, 2.05) is 18.2 Å². The predicted octanol–water partition coefficient (Wildman–Crippen LogP) is 5.58. The largest absolute Gasteiger partial charge is 0.508 e. The molecule has 0 unspecified atom stereocenters. The van der Waals surface area contributed by atoms with E-state index in [-0.39, 0.29) is 11.7 Å². The second-order valence-corrected chi connectivity index (χ2v) is 8.20. The first-order valence-corrected chi connectivity index (χ1v) is 9.78. The third kappa shape index (κ3) is 3.73. The van der Waals surface area contributed by atoms with Gasteiger partial charge in [0.05, 0.1) is 5.56 Å². The molecule has 6 heteroatoms. The van der Waals surface area contributed by atoms with Gasteiger partial charge in [0.25, 0.3) is 0 Å². The molecule has 0 heterocycles. The summed E-state index contributed by atoms with van der Waals surface area (Å²) in [5, 5.41) is 11.3. The van der Waals surface area contributed by atoms with E-state index in [0.29, 0.717) is 11.3 Å². The van der Waals surface area contributed by atoms with Crippen LogP contribution >= 0.6 is 67.8 Å². The number of hydrogen-bond acceptors (Lipinski definition) is 3. The van der Waals surface area contributed by atoms with E-state index in [1.54, 1.807) is 30.3 Å². The van der Waals surface area contributed by atoms with Crippen LogP contribution in [-0.4, -0.2) is 11.1 Å². The molecule has 0 aliphatic heterocycles. The van der Waals surface area contributed by atoms with E-state index in [0.717, 1.165) is 21.5 Å². The highest BCUT2D eigenvalue weighted by Gasteiger charge is 2.18. The number of halogens is 3. The molecule has 0 atom stereocenters. The van der Waals surface area contributed by atoms with Gasteiger partial charge in [-0.3, -0.25) is 0 Å². The van der Waals surface area contributed by atoms with Crippen molar-refractivity contribution in [2.45, 2.75) is 0 Å². The zero-order chi connectivity index (χ0) is 16.6. The van der Waals surface area contributed by atoms with Crippen LogP contribution in [0.25, 0.3) is 10.8 Å². The van der Waals surface area contributed by atoms with Gasteiger partial charge in [-0.25, -0.2) is 4.79 Å². The molecule has 0 saturated carbocycles. The maximum atomic E-state index is 12.5. The van der Waals surface area contributed by atoms with Crippen molar-refractivity contribution in [1.82, 2.24) is 0 Å². The summed E-state index contributed by atoms with van der Waals surface area (Å²) in [5.41, 5.74) is 0.587. The van der Waals surface area contributed by atoms with E-state index in [9.17, 15) is 9.90 Å². The highest BCUT2D eigenvalue weighted by atomic mass is 127. The number of ether oxygens (including phenoxy) is 1. The molecule has 0 aliphatic carbocycles. The number of phenolic OH excluding ortho intramolecular Hbond substituents is 1. The zero-order valence-electron chi connectivity index (χ0n) is 11.5. The van der Waals surface area contributed by atoms with Crippen molar-refractivity contribution in [3.8, 4) is 11.5 Å². The van der Waals surface area contributed by atoms with Crippen LogP contribution in [0.5, 0.6) is 11.5 Å². The quantitative estimate of drug-likeness (QED) is 0.172. The molecular weight excluding hydrogens is 633 g/mol. The monoisotopic (exact) mass is 642 g/mol. The van der Waals surface area contributed by atoms with Crippen LogP contribution < -0.4 is 4.74 Å². The first-order valence-electron chi connectivity index (χ1n) is 6.54. The molecule has 3 rings (SSSR count). The van der Waals surface area contributed by atoms with E-state index in [1.165, 1.54) is 0 Å². The standard InChI is InChI=1S/C17H9I3O3/c18-13-5-6-14(19)16(20)15(13)17(22)23-12-4-2-9-7-11(21)3-1-10(9)8-12/h1-8,21H. The van der Waals surface area contributed by atoms with Gasteiger partial charge in [0, 0.05) is 10.7 Å². The Bertz CT molecular complexity index is 922. The minimum atomic E-state index is -0.365. The molecule has 0 amide bonds. The fourth-order valence-corrected chi connectivity index (χ4v) is 4.47. The number of aromatic hydroxyl groups is 1. The van der Waals surface area contributed by atoms with Crippen LogP contribution in [0.2, 0.25) is 0 Å². The van der Waals surface area contributed by atoms with Crippen LogP contribution in [0, 0.1) is 10.7 Å². The van der Waals surface area contributed by atoms with Crippen LogP contribution in [0.4, 0.5) is 0 Å². The van der Waals surface area contributed by atoms with Gasteiger partial charge in [0.1, 0.15) is 11.5 Å². The molecule has 1 N–H and O–H groups in total. The fraction of sp³-hybridized carbons (Fsp3) is 0. The van der Waals surface area contributed by atoms with Crippen LogP contribution in [0.15, 0.2) is 48.5 Å². The molecule has 3 nitrogen and oxygen atoms in total. The Labute approximate surface area is 173 Å². The first kappa shape index (κ1) is 17.2. The average Bonchev–Trinajstić information content (AvgIpc) is 2.51. The number of fused-ring (bicyclic) bond motifs is 1. The Kier molecular flexibility index (Phi) is 5.31. The Hall–Kier alpha value is -0.620. The smallest absolute Gasteiger partial charge is 0.345 e. The number of carbonyl (C=O) groups is 1. The van der Waals surface area contributed by atoms with E-state index < -0.39 is 0 Å². The SMILES string of the molecule is O=C(Oc1ccc2cc(O)ccc2c1)c1c(I)ccc(I)c1I. The van der Waals surface area contributed by atoms with Gasteiger partial charge in [0.15, 0.2) is 0 Å². The van der Waals surface area contributed by atoms with Crippen molar-refractivity contribution in [1.29, 1.82) is 0 Å². The number of phenols is 1. The van der Waals surface area contributed by atoms with Gasteiger partial charge in [-0.15, -0.1) is 0 Å². The highest BCUT2D eigenvalue weighted by Crippen LogP contribution is 2.28. The first-order chi connectivity index (χ1) is 11.0. The van der Waals surface area contributed by atoms with Crippen molar-refractivity contribution >= 4 is 84.5 Å². The third-order valence-corrected chi connectivity index (χ3v) is 7.20. The maximum absolute atomic E-state index is 12.5. The average molecular weight is 642 g/mol. The number of hydrogen-bond donors (Lipinski definition) is 1. The molecule has 0 fully saturated rings. The molecule has 0 bridgehead atoms. The van der Waals surface area contributed by atoms with E-state index in [2.05, 4.69) is 67.8 Å². The van der Waals surface area contributed by atoms with Gasteiger partial charge >= 0.3 is 5.97 Å². The normalized spacial score (nSPS) is 10.7. The van der Waals surface area contributed by atoms with Gasteiger partial charge < -0.3 is 9.84 Å². The van der Waals surface area contributed by atoms with Gasteiger partial charge in [-0.05, 0) is 115 Å². The number of benzene rings is 3. The van der Waals surface area contributed by atoms with Crippen molar-refractivity contribution in [2.75, 3.05) is 0 Å². The van der Waals surface area contributed by atoms with Crippen molar-refractivity contribution in [3.05, 3.63) is 64.8 Å². The number of carbonyl (C=O) groups excluding carboxylic acids is 1. The summed E-state index contributed by atoms with van der Waals surface area (Å²) in [4.78, 5) is 12.5. The van der Waals surface area contributed by atoms with Crippen molar-refractivity contribution in [3.63, 3.8) is 0 Å². The lowest BCUT2D eigenvalue weighted by atomic mass is 10.1. The summed E-state index contributed by atoms with van der Waals surface area (Å²) in [6, 6.07) is 14.3. The summed E-state index contributed by atoms with van der Waals surface area (Å²) in [7, 11) is 0. The summed E-state index contributed by atoms with van der Waals surface area (Å²) in [6.07, 6.45) is 0. The lowest BCUT2D eigenvalue weighted by Gasteiger charge is -2.10.